The first kappa shape index (κ1) is 33.3. The van der Waals surface area contributed by atoms with Crippen molar-refractivity contribution >= 4 is 33.8 Å². The summed E-state index contributed by atoms with van der Waals surface area (Å²) in [7, 11) is -3.05. The molecule has 0 radical (unpaired) electrons. The lowest BCUT2D eigenvalue weighted by Crippen LogP contribution is -2.24. The van der Waals surface area contributed by atoms with Gasteiger partial charge in [-0.15, -0.1) is 0 Å². The molecule has 0 N–H and O–H groups in total. The molecule has 0 saturated carbocycles. The first-order valence-corrected chi connectivity index (χ1v) is 19.9. The molecule has 0 aliphatic rings. The Hall–Kier alpha value is -6.60. The third-order valence-corrected chi connectivity index (χ3v) is 13.3. The molecule has 54 heavy (non-hydrogen) atoms. The third kappa shape index (κ3) is 6.38. The molecule has 2 nitrogen and oxygen atoms in total. The number of fused-ring (bicyclic) bond motifs is 1. The Morgan fingerprint density at radius 1 is 0.315 bits per heavy atom. The largest absolute Gasteiger partial charge is 0.309 e. The van der Waals surface area contributed by atoms with Crippen LogP contribution in [0.5, 0.6) is 0 Å². The summed E-state index contributed by atoms with van der Waals surface area (Å²) in [6, 6.07) is 75.1. The third-order valence-electron chi connectivity index (χ3n) is 10.2. The van der Waals surface area contributed by atoms with Crippen LogP contribution in [0.2, 0.25) is 0 Å². The number of nitrogens with zero attached hydrogens (tertiary/aromatic N) is 1. The van der Waals surface area contributed by atoms with E-state index in [9.17, 15) is 4.57 Å². The Morgan fingerprint density at radius 3 is 1.35 bits per heavy atom. The minimum absolute atomic E-state index is 0.823. The van der Waals surface area contributed by atoms with Crippen LogP contribution in [0, 0.1) is 0 Å². The van der Waals surface area contributed by atoms with Crippen molar-refractivity contribution in [1.29, 1.82) is 0 Å². The van der Waals surface area contributed by atoms with Gasteiger partial charge in [0.2, 0.25) is 0 Å². The second-order valence-corrected chi connectivity index (χ2v) is 16.3. The second kappa shape index (κ2) is 14.4. The Balaban J connectivity index is 1.06. The highest BCUT2D eigenvalue weighted by molar-refractivity contribution is 7.85. The lowest BCUT2D eigenvalue weighted by molar-refractivity contribution is 0.592. The summed E-state index contributed by atoms with van der Waals surface area (Å²) in [6.45, 7) is 0. The molecule has 0 atom stereocenters. The molecule has 0 spiro atoms. The van der Waals surface area contributed by atoms with E-state index in [0.717, 1.165) is 71.8 Å². The van der Waals surface area contributed by atoms with Gasteiger partial charge in [0.1, 0.15) is 0 Å². The van der Waals surface area contributed by atoms with Gasteiger partial charge >= 0.3 is 0 Å². The fourth-order valence-corrected chi connectivity index (χ4v) is 9.99. The standard InChI is InChI=1S/C51H36NOP/c53-54(45-19-9-3-10-20-45,46-21-11-4-12-22-46)47-32-30-40(31-33-47)48-23-13-18-39-26-29-43(34-49(39)48)38-24-27-42(28-25-38)51-36-44(37-14-5-1-6-15-37)35-50(52-51)41-16-7-2-8-17-41/h1-36H. The first-order valence-electron chi connectivity index (χ1n) is 18.2. The Kier molecular flexibility index (Phi) is 8.89. The van der Waals surface area contributed by atoms with Crippen molar-refractivity contribution < 1.29 is 4.57 Å². The van der Waals surface area contributed by atoms with Gasteiger partial charge < -0.3 is 4.57 Å². The molecule has 9 rings (SSSR count). The van der Waals surface area contributed by atoms with E-state index in [4.69, 9.17) is 4.98 Å². The predicted octanol–water partition coefficient (Wildman–Crippen LogP) is 12.2. The number of benzene rings is 8. The van der Waals surface area contributed by atoms with Gasteiger partial charge in [-0.25, -0.2) is 4.98 Å². The van der Waals surface area contributed by atoms with Crippen molar-refractivity contribution in [3.8, 4) is 55.9 Å². The Bertz CT molecular complexity index is 2650. The molecular formula is C51H36NOP. The predicted molar refractivity (Wildman–Crippen MR) is 228 cm³/mol. The average molecular weight is 710 g/mol. The van der Waals surface area contributed by atoms with Crippen molar-refractivity contribution in [2.45, 2.75) is 0 Å². The Morgan fingerprint density at radius 2 is 0.759 bits per heavy atom. The van der Waals surface area contributed by atoms with Crippen LogP contribution >= 0.6 is 7.14 Å². The molecule has 0 saturated heterocycles. The Labute approximate surface area is 316 Å². The number of pyridine rings is 1. The van der Waals surface area contributed by atoms with E-state index in [2.05, 4.69) is 133 Å². The molecular weight excluding hydrogens is 674 g/mol. The minimum Gasteiger partial charge on any atom is -0.309 e. The molecule has 9 aromatic rings. The molecule has 0 fully saturated rings. The van der Waals surface area contributed by atoms with Gasteiger partial charge in [0.25, 0.3) is 0 Å². The van der Waals surface area contributed by atoms with Gasteiger partial charge in [-0.05, 0) is 62.4 Å². The fraction of sp³-hybridized carbons (Fsp3) is 0. The molecule has 1 aromatic heterocycles. The van der Waals surface area contributed by atoms with Crippen LogP contribution in [0.4, 0.5) is 0 Å². The fourth-order valence-electron chi connectivity index (χ4n) is 7.34. The molecule has 8 aromatic carbocycles. The van der Waals surface area contributed by atoms with Crippen molar-refractivity contribution in [2.24, 2.45) is 0 Å². The van der Waals surface area contributed by atoms with E-state index in [1.807, 2.05) is 84.9 Å². The molecule has 1 heterocycles. The van der Waals surface area contributed by atoms with Crippen LogP contribution in [0.1, 0.15) is 0 Å². The van der Waals surface area contributed by atoms with Crippen LogP contribution in [0.25, 0.3) is 66.7 Å². The second-order valence-electron chi connectivity index (χ2n) is 13.5. The van der Waals surface area contributed by atoms with Gasteiger partial charge in [0.05, 0.1) is 11.4 Å². The van der Waals surface area contributed by atoms with Crippen molar-refractivity contribution in [3.63, 3.8) is 0 Å². The van der Waals surface area contributed by atoms with Crippen molar-refractivity contribution in [1.82, 2.24) is 4.98 Å². The summed E-state index contributed by atoms with van der Waals surface area (Å²) in [5.74, 6) is 0. The molecule has 0 amide bonds. The van der Waals surface area contributed by atoms with Gasteiger partial charge in [-0.1, -0.05) is 200 Å². The van der Waals surface area contributed by atoms with E-state index < -0.39 is 7.14 Å². The average Bonchev–Trinajstić information content (AvgIpc) is 3.27. The summed E-state index contributed by atoms with van der Waals surface area (Å²) in [6.07, 6.45) is 0. The van der Waals surface area contributed by atoms with E-state index in [1.54, 1.807) is 0 Å². The number of aromatic nitrogens is 1. The van der Waals surface area contributed by atoms with Crippen LogP contribution < -0.4 is 15.9 Å². The highest BCUT2D eigenvalue weighted by atomic mass is 31.2. The molecule has 256 valence electrons. The SMILES string of the molecule is O=P(c1ccccc1)(c1ccccc1)c1ccc(-c2cccc3ccc(-c4ccc(-c5cc(-c6ccccc6)cc(-c6ccccc6)n5)cc4)cc23)cc1. The van der Waals surface area contributed by atoms with Crippen LogP contribution in [-0.4, -0.2) is 4.98 Å². The maximum atomic E-state index is 15.0. The highest BCUT2D eigenvalue weighted by Gasteiger charge is 2.29. The lowest BCUT2D eigenvalue weighted by atomic mass is 9.94. The number of rotatable bonds is 8. The van der Waals surface area contributed by atoms with E-state index in [1.165, 1.54) is 10.8 Å². The van der Waals surface area contributed by atoms with Gasteiger partial charge in [0, 0.05) is 27.0 Å². The maximum Gasteiger partial charge on any atom is 0.171 e. The zero-order chi connectivity index (χ0) is 36.3. The quantitative estimate of drug-likeness (QED) is 0.147. The van der Waals surface area contributed by atoms with E-state index in [-0.39, 0.29) is 0 Å². The summed E-state index contributed by atoms with van der Waals surface area (Å²) in [5.41, 5.74) is 10.9. The van der Waals surface area contributed by atoms with Crippen LogP contribution in [0.3, 0.4) is 0 Å². The molecule has 0 unspecified atom stereocenters. The summed E-state index contributed by atoms with van der Waals surface area (Å²) < 4.78 is 15.0. The topological polar surface area (TPSA) is 30.0 Å². The zero-order valence-electron chi connectivity index (χ0n) is 29.6. The first-order chi connectivity index (χ1) is 26.6. The van der Waals surface area contributed by atoms with Gasteiger partial charge in [-0.3, -0.25) is 0 Å². The number of hydrogen-bond donors (Lipinski definition) is 0. The molecule has 0 bridgehead atoms. The molecule has 3 heteroatoms. The monoisotopic (exact) mass is 709 g/mol. The highest BCUT2D eigenvalue weighted by Crippen LogP contribution is 2.43. The van der Waals surface area contributed by atoms with E-state index in [0.29, 0.717) is 0 Å². The van der Waals surface area contributed by atoms with Crippen LogP contribution in [0.15, 0.2) is 218 Å². The normalized spacial score (nSPS) is 11.4. The lowest BCUT2D eigenvalue weighted by Gasteiger charge is -2.20. The zero-order valence-corrected chi connectivity index (χ0v) is 30.5. The minimum atomic E-state index is -3.05. The van der Waals surface area contributed by atoms with E-state index >= 15 is 0 Å². The molecule has 0 aliphatic carbocycles. The van der Waals surface area contributed by atoms with Crippen molar-refractivity contribution in [2.75, 3.05) is 0 Å². The number of hydrogen-bond acceptors (Lipinski definition) is 2. The summed E-state index contributed by atoms with van der Waals surface area (Å²) >= 11 is 0. The van der Waals surface area contributed by atoms with Crippen LogP contribution in [-0.2, 0) is 4.57 Å². The maximum absolute atomic E-state index is 15.0. The van der Waals surface area contributed by atoms with Gasteiger partial charge in [-0.2, -0.15) is 0 Å². The summed E-state index contributed by atoms with van der Waals surface area (Å²) in [5, 5.41) is 4.84. The smallest absolute Gasteiger partial charge is 0.171 e. The molecule has 0 aliphatic heterocycles. The van der Waals surface area contributed by atoms with Gasteiger partial charge in [0.15, 0.2) is 7.14 Å². The van der Waals surface area contributed by atoms with Crippen molar-refractivity contribution in [3.05, 3.63) is 218 Å². The summed E-state index contributed by atoms with van der Waals surface area (Å²) in [4.78, 5) is 5.13.